The molecular formula is C24H38N4O. The van der Waals surface area contributed by atoms with Crippen LogP contribution in [0.5, 0.6) is 0 Å². The summed E-state index contributed by atoms with van der Waals surface area (Å²) in [5.74, 6) is 1.06. The van der Waals surface area contributed by atoms with Crippen molar-refractivity contribution in [2.24, 2.45) is 5.92 Å². The highest BCUT2D eigenvalue weighted by atomic mass is 16.2. The number of likely N-dealkylation sites (tertiary alicyclic amines) is 1. The molecule has 3 aliphatic rings. The van der Waals surface area contributed by atoms with Gasteiger partial charge < -0.3 is 15.1 Å². The third-order valence-corrected chi connectivity index (χ3v) is 7.13. The Morgan fingerprint density at radius 1 is 1.10 bits per heavy atom. The highest BCUT2D eigenvalue weighted by Gasteiger charge is 2.31. The number of benzene rings is 1. The van der Waals surface area contributed by atoms with E-state index in [1.54, 1.807) is 5.56 Å². The van der Waals surface area contributed by atoms with Crippen LogP contribution in [-0.4, -0.2) is 86.1 Å². The number of amides is 1. The monoisotopic (exact) mass is 398 g/mol. The number of hydrogen-bond donors (Lipinski definition) is 1. The van der Waals surface area contributed by atoms with E-state index in [0.29, 0.717) is 5.92 Å². The van der Waals surface area contributed by atoms with Crippen LogP contribution in [0.3, 0.4) is 0 Å². The van der Waals surface area contributed by atoms with Crippen LogP contribution in [-0.2, 0) is 11.2 Å². The minimum Gasteiger partial charge on any atom is -0.352 e. The zero-order valence-electron chi connectivity index (χ0n) is 18.3. The molecule has 1 aromatic rings. The SMILES string of the molecule is CC(CN1CCN(C)CC1)NC(=O)C1CCN(CC2CCCc3ccccc32)C1. The van der Waals surface area contributed by atoms with Crippen LogP contribution in [0.4, 0.5) is 0 Å². The van der Waals surface area contributed by atoms with E-state index < -0.39 is 0 Å². The van der Waals surface area contributed by atoms with E-state index in [-0.39, 0.29) is 17.9 Å². The Kier molecular flexibility index (Phi) is 6.88. The van der Waals surface area contributed by atoms with Crippen molar-refractivity contribution in [3.05, 3.63) is 35.4 Å². The normalized spacial score (nSPS) is 27.5. The second-order valence-corrected chi connectivity index (χ2v) is 9.55. The minimum absolute atomic E-state index is 0.156. The Bertz CT molecular complexity index is 685. The third-order valence-electron chi connectivity index (χ3n) is 7.13. The predicted molar refractivity (Wildman–Crippen MR) is 118 cm³/mol. The summed E-state index contributed by atoms with van der Waals surface area (Å²) in [7, 11) is 2.18. The first kappa shape index (κ1) is 20.8. The fourth-order valence-corrected chi connectivity index (χ4v) is 5.39. The number of hydrogen-bond acceptors (Lipinski definition) is 4. The molecule has 0 spiro atoms. The molecule has 1 aromatic carbocycles. The molecule has 0 bridgehead atoms. The van der Waals surface area contributed by atoms with Gasteiger partial charge in [0.15, 0.2) is 0 Å². The van der Waals surface area contributed by atoms with Gasteiger partial charge in [-0.05, 0) is 63.2 Å². The first-order valence-corrected chi connectivity index (χ1v) is 11.6. The van der Waals surface area contributed by atoms with Crippen LogP contribution < -0.4 is 5.32 Å². The number of rotatable bonds is 6. The van der Waals surface area contributed by atoms with Crippen molar-refractivity contribution in [2.75, 3.05) is 59.4 Å². The number of carbonyl (C=O) groups is 1. The summed E-state index contributed by atoms with van der Waals surface area (Å²) in [5, 5.41) is 3.30. The molecule has 1 amide bonds. The lowest BCUT2D eigenvalue weighted by atomic mass is 9.82. The van der Waals surface area contributed by atoms with Crippen LogP contribution in [0.2, 0.25) is 0 Å². The fourth-order valence-electron chi connectivity index (χ4n) is 5.39. The topological polar surface area (TPSA) is 38.8 Å². The summed E-state index contributed by atoms with van der Waals surface area (Å²) in [4.78, 5) is 20.2. The number of fused-ring (bicyclic) bond motifs is 1. The molecule has 1 N–H and O–H groups in total. The largest absolute Gasteiger partial charge is 0.352 e. The second kappa shape index (κ2) is 9.59. The van der Waals surface area contributed by atoms with Crippen LogP contribution >= 0.6 is 0 Å². The summed E-state index contributed by atoms with van der Waals surface area (Å²) in [6, 6.07) is 9.19. The van der Waals surface area contributed by atoms with Gasteiger partial charge in [0.1, 0.15) is 0 Å². The molecule has 3 unspecified atom stereocenters. The third kappa shape index (κ3) is 5.39. The Balaban J connectivity index is 1.23. The lowest BCUT2D eigenvalue weighted by molar-refractivity contribution is -0.125. The molecule has 160 valence electrons. The Labute approximate surface area is 176 Å². The quantitative estimate of drug-likeness (QED) is 0.797. The number of piperazine rings is 1. The smallest absolute Gasteiger partial charge is 0.224 e. The van der Waals surface area contributed by atoms with Gasteiger partial charge in [-0.25, -0.2) is 0 Å². The van der Waals surface area contributed by atoms with E-state index in [4.69, 9.17) is 0 Å². The van der Waals surface area contributed by atoms with Gasteiger partial charge in [-0.15, -0.1) is 0 Å². The summed E-state index contributed by atoms with van der Waals surface area (Å²) in [5.41, 5.74) is 3.09. The first-order valence-electron chi connectivity index (χ1n) is 11.6. The molecule has 2 fully saturated rings. The molecule has 5 nitrogen and oxygen atoms in total. The highest BCUT2D eigenvalue weighted by molar-refractivity contribution is 5.79. The van der Waals surface area contributed by atoms with E-state index in [9.17, 15) is 4.79 Å². The molecule has 0 saturated carbocycles. The summed E-state index contributed by atoms with van der Waals surface area (Å²) < 4.78 is 0. The van der Waals surface area contributed by atoms with Gasteiger partial charge in [-0.1, -0.05) is 24.3 Å². The van der Waals surface area contributed by atoms with E-state index >= 15 is 0 Å². The van der Waals surface area contributed by atoms with Gasteiger partial charge in [0.25, 0.3) is 0 Å². The van der Waals surface area contributed by atoms with Crippen molar-refractivity contribution in [2.45, 2.75) is 44.6 Å². The van der Waals surface area contributed by atoms with Crippen LogP contribution in [0, 0.1) is 5.92 Å². The molecule has 0 aromatic heterocycles. The Hall–Kier alpha value is -1.43. The molecule has 1 aliphatic carbocycles. The molecule has 29 heavy (non-hydrogen) atoms. The number of carbonyl (C=O) groups excluding carboxylic acids is 1. The van der Waals surface area contributed by atoms with Crippen molar-refractivity contribution < 1.29 is 4.79 Å². The predicted octanol–water partition coefficient (Wildman–Crippen LogP) is 2.18. The second-order valence-electron chi connectivity index (χ2n) is 9.55. The maximum absolute atomic E-state index is 12.8. The van der Waals surface area contributed by atoms with Crippen molar-refractivity contribution in [3.63, 3.8) is 0 Å². The maximum atomic E-state index is 12.8. The van der Waals surface area contributed by atoms with Crippen molar-refractivity contribution in [1.29, 1.82) is 0 Å². The Morgan fingerprint density at radius 2 is 1.90 bits per heavy atom. The first-order chi connectivity index (χ1) is 14.1. The van der Waals surface area contributed by atoms with Crippen molar-refractivity contribution in [1.82, 2.24) is 20.0 Å². The molecule has 2 heterocycles. The van der Waals surface area contributed by atoms with E-state index in [1.807, 2.05) is 0 Å². The molecule has 5 heteroatoms. The van der Waals surface area contributed by atoms with Crippen LogP contribution in [0.25, 0.3) is 0 Å². The van der Waals surface area contributed by atoms with E-state index in [2.05, 4.69) is 58.3 Å². The number of aryl methyl sites for hydroxylation is 1. The van der Waals surface area contributed by atoms with Gasteiger partial charge >= 0.3 is 0 Å². The average Bonchev–Trinajstić information content (AvgIpc) is 3.19. The van der Waals surface area contributed by atoms with Gasteiger partial charge in [0, 0.05) is 51.9 Å². The summed E-state index contributed by atoms with van der Waals surface area (Å²) >= 11 is 0. The van der Waals surface area contributed by atoms with Gasteiger partial charge in [-0.3, -0.25) is 9.69 Å². The van der Waals surface area contributed by atoms with Crippen molar-refractivity contribution >= 4 is 5.91 Å². The zero-order valence-corrected chi connectivity index (χ0v) is 18.3. The van der Waals surface area contributed by atoms with E-state index in [0.717, 1.165) is 58.8 Å². The van der Waals surface area contributed by atoms with Gasteiger partial charge in [-0.2, -0.15) is 0 Å². The van der Waals surface area contributed by atoms with Crippen LogP contribution in [0.15, 0.2) is 24.3 Å². The zero-order chi connectivity index (χ0) is 20.2. The Morgan fingerprint density at radius 3 is 2.72 bits per heavy atom. The molecular weight excluding hydrogens is 360 g/mol. The molecule has 4 rings (SSSR count). The number of nitrogens with one attached hydrogen (secondary N) is 1. The average molecular weight is 399 g/mol. The number of likely N-dealkylation sites (N-methyl/N-ethyl adjacent to an activating group) is 1. The molecule has 3 atom stereocenters. The summed E-state index contributed by atoms with van der Waals surface area (Å²) in [6.07, 6.45) is 4.81. The minimum atomic E-state index is 0.156. The molecule has 2 aliphatic heterocycles. The van der Waals surface area contributed by atoms with Gasteiger partial charge in [0.2, 0.25) is 5.91 Å². The van der Waals surface area contributed by atoms with Gasteiger partial charge in [0.05, 0.1) is 5.92 Å². The lowest BCUT2D eigenvalue weighted by Crippen LogP contribution is -2.50. The fraction of sp³-hybridized carbons (Fsp3) is 0.708. The standard InChI is InChI=1S/C24H38N4O/c1-19(16-27-14-12-26(2)13-15-27)25-24(29)22-10-11-28(18-22)17-21-8-5-7-20-6-3-4-9-23(20)21/h3-4,6,9,19,21-22H,5,7-8,10-18H2,1-2H3,(H,25,29). The van der Waals surface area contributed by atoms with Crippen molar-refractivity contribution in [3.8, 4) is 0 Å². The molecule has 0 radical (unpaired) electrons. The highest BCUT2D eigenvalue weighted by Crippen LogP contribution is 2.33. The number of nitrogens with zero attached hydrogens (tertiary/aromatic N) is 3. The van der Waals surface area contributed by atoms with Crippen LogP contribution in [0.1, 0.15) is 43.2 Å². The molecule has 2 saturated heterocycles. The lowest BCUT2D eigenvalue weighted by Gasteiger charge is -2.34. The maximum Gasteiger partial charge on any atom is 0.224 e. The summed E-state index contributed by atoms with van der Waals surface area (Å²) in [6.45, 7) is 10.7. The van der Waals surface area contributed by atoms with E-state index in [1.165, 1.54) is 24.8 Å².